The third-order valence-corrected chi connectivity index (χ3v) is 4.19. The van der Waals surface area contributed by atoms with Crippen molar-refractivity contribution in [1.82, 2.24) is 0 Å². The minimum absolute atomic E-state index is 0.136. The van der Waals surface area contributed by atoms with Gasteiger partial charge in [-0.3, -0.25) is 0 Å². The van der Waals surface area contributed by atoms with Crippen LogP contribution < -0.4 is 0 Å². The van der Waals surface area contributed by atoms with E-state index in [2.05, 4.69) is 12.1 Å². The zero-order valence-electron chi connectivity index (χ0n) is 13.0. The second-order valence-electron chi connectivity index (χ2n) is 5.76. The second-order valence-corrected chi connectivity index (χ2v) is 5.76. The Hall–Kier alpha value is -3.07. The van der Waals surface area contributed by atoms with Crippen LogP contribution >= 0.6 is 0 Å². The standard InChI is InChI=1S/C21H17NO2/c23-18-14-8-7-13-17(18)21-22-19(15-9-3-1-4-10-15)20(24-21)16-11-5-2-6-12-16/h1-14,19-20,23H/t19-,20+/m0/s1. The monoisotopic (exact) mass is 315 g/mol. The van der Waals surface area contributed by atoms with Crippen LogP contribution in [-0.4, -0.2) is 11.0 Å². The van der Waals surface area contributed by atoms with Crippen molar-refractivity contribution < 1.29 is 9.84 Å². The number of benzene rings is 3. The Morgan fingerprint density at radius 3 is 1.96 bits per heavy atom. The first kappa shape index (κ1) is 14.5. The van der Waals surface area contributed by atoms with E-state index < -0.39 is 0 Å². The molecular weight excluding hydrogens is 298 g/mol. The SMILES string of the molecule is Oc1ccccc1C1=N[C@@H](c2ccccc2)[C@@H](c2ccccc2)O1. The van der Waals surface area contributed by atoms with Gasteiger partial charge in [0.15, 0.2) is 6.10 Å². The first-order valence-electron chi connectivity index (χ1n) is 7.95. The molecule has 3 aromatic rings. The van der Waals surface area contributed by atoms with Crippen molar-refractivity contribution in [3.63, 3.8) is 0 Å². The molecule has 118 valence electrons. The molecule has 0 bridgehead atoms. The highest BCUT2D eigenvalue weighted by molar-refractivity contribution is 5.98. The number of rotatable bonds is 3. The zero-order chi connectivity index (χ0) is 16.4. The van der Waals surface area contributed by atoms with Gasteiger partial charge in [-0.25, -0.2) is 4.99 Å². The lowest BCUT2D eigenvalue weighted by atomic mass is 9.97. The average Bonchev–Trinajstić information content (AvgIpc) is 3.09. The molecule has 0 fully saturated rings. The number of phenolic OH excluding ortho intramolecular Hbond substituents is 1. The lowest BCUT2D eigenvalue weighted by Gasteiger charge is -2.18. The summed E-state index contributed by atoms with van der Waals surface area (Å²) in [4.78, 5) is 4.78. The Morgan fingerprint density at radius 2 is 1.29 bits per heavy atom. The van der Waals surface area contributed by atoms with Crippen molar-refractivity contribution in [3.05, 3.63) is 102 Å². The molecule has 0 aliphatic carbocycles. The summed E-state index contributed by atoms with van der Waals surface area (Å²) < 4.78 is 6.17. The quantitative estimate of drug-likeness (QED) is 0.764. The van der Waals surface area contributed by atoms with E-state index >= 15 is 0 Å². The maximum absolute atomic E-state index is 10.1. The van der Waals surface area contributed by atoms with Gasteiger partial charge >= 0.3 is 0 Å². The molecule has 0 aromatic heterocycles. The molecule has 1 aliphatic heterocycles. The van der Waals surface area contributed by atoms with E-state index in [1.54, 1.807) is 12.1 Å². The van der Waals surface area contributed by atoms with Crippen LogP contribution in [0.25, 0.3) is 0 Å². The number of para-hydroxylation sites is 1. The van der Waals surface area contributed by atoms with Gasteiger partial charge in [-0.15, -0.1) is 0 Å². The number of phenols is 1. The summed E-state index contributed by atoms with van der Waals surface area (Å²) in [6.45, 7) is 0. The van der Waals surface area contributed by atoms with E-state index in [0.717, 1.165) is 11.1 Å². The molecule has 0 radical (unpaired) electrons. The Labute approximate surface area is 140 Å². The fourth-order valence-corrected chi connectivity index (χ4v) is 2.99. The zero-order valence-corrected chi connectivity index (χ0v) is 13.0. The number of ether oxygens (including phenoxy) is 1. The van der Waals surface area contributed by atoms with Crippen LogP contribution in [0, 0.1) is 0 Å². The summed E-state index contributed by atoms with van der Waals surface area (Å²) in [7, 11) is 0. The molecule has 4 rings (SSSR count). The van der Waals surface area contributed by atoms with Gasteiger partial charge in [0.1, 0.15) is 11.8 Å². The fourth-order valence-electron chi connectivity index (χ4n) is 2.99. The molecule has 1 N–H and O–H groups in total. The van der Waals surface area contributed by atoms with Crippen LogP contribution in [0.15, 0.2) is 89.9 Å². The van der Waals surface area contributed by atoms with Crippen molar-refractivity contribution >= 4 is 5.90 Å². The van der Waals surface area contributed by atoms with Crippen LogP contribution in [0.5, 0.6) is 5.75 Å². The predicted molar refractivity (Wildman–Crippen MR) is 94.1 cm³/mol. The minimum atomic E-state index is -0.205. The van der Waals surface area contributed by atoms with E-state index in [0.29, 0.717) is 11.5 Å². The highest BCUT2D eigenvalue weighted by atomic mass is 16.5. The van der Waals surface area contributed by atoms with Crippen molar-refractivity contribution in [3.8, 4) is 5.75 Å². The van der Waals surface area contributed by atoms with Gasteiger partial charge in [-0.05, 0) is 23.3 Å². The molecule has 0 amide bonds. The van der Waals surface area contributed by atoms with Crippen LogP contribution in [0.3, 0.4) is 0 Å². The summed E-state index contributed by atoms with van der Waals surface area (Å²) in [5.74, 6) is 0.660. The maximum Gasteiger partial charge on any atom is 0.221 e. The van der Waals surface area contributed by atoms with Gasteiger partial charge in [-0.2, -0.15) is 0 Å². The van der Waals surface area contributed by atoms with Gasteiger partial charge in [0.2, 0.25) is 5.90 Å². The number of nitrogens with zero attached hydrogens (tertiary/aromatic N) is 1. The molecule has 1 aliphatic rings. The molecule has 3 aromatic carbocycles. The molecule has 0 spiro atoms. The van der Waals surface area contributed by atoms with E-state index in [-0.39, 0.29) is 17.9 Å². The Bertz CT molecular complexity index is 859. The summed E-state index contributed by atoms with van der Waals surface area (Å²) in [6, 6.07) is 27.2. The predicted octanol–water partition coefficient (Wildman–Crippen LogP) is 4.65. The van der Waals surface area contributed by atoms with E-state index in [9.17, 15) is 5.11 Å². The summed E-state index contributed by atoms with van der Waals surface area (Å²) in [5.41, 5.74) is 2.79. The number of aliphatic imine (C=N–C) groups is 1. The topological polar surface area (TPSA) is 41.8 Å². The van der Waals surface area contributed by atoms with Gasteiger partial charge in [0.25, 0.3) is 0 Å². The number of aromatic hydroxyl groups is 1. The van der Waals surface area contributed by atoms with Crippen LogP contribution in [0.2, 0.25) is 0 Å². The Kier molecular flexibility index (Phi) is 3.75. The molecule has 0 unspecified atom stereocenters. The van der Waals surface area contributed by atoms with E-state index in [1.165, 1.54) is 0 Å². The molecule has 0 saturated carbocycles. The Morgan fingerprint density at radius 1 is 0.708 bits per heavy atom. The highest BCUT2D eigenvalue weighted by Crippen LogP contribution is 2.41. The largest absolute Gasteiger partial charge is 0.507 e. The second kappa shape index (κ2) is 6.20. The van der Waals surface area contributed by atoms with Crippen molar-refractivity contribution in [2.24, 2.45) is 4.99 Å². The summed E-state index contributed by atoms with van der Waals surface area (Å²) in [6.07, 6.45) is -0.205. The first-order valence-corrected chi connectivity index (χ1v) is 7.95. The average molecular weight is 315 g/mol. The summed E-state index contributed by atoms with van der Waals surface area (Å²) in [5, 5.41) is 10.1. The molecule has 24 heavy (non-hydrogen) atoms. The van der Waals surface area contributed by atoms with Crippen molar-refractivity contribution in [2.75, 3.05) is 0 Å². The third-order valence-electron chi connectivity index (χ3n) is 4.19. The third kappa shape index (κ3) is 2.65. The number of hydrogen-bond donors (Lipinski definition) is 1. The Balaban J connectivity index is 1.77. The van der Waals surface area contributed by atoms with E-state index in [1.807, 2.05) is 60.7 Å². The molecule has 0 saturated heterocycles. The van der Waals surface area contributed by atoms with Crippen molar-refractivity contribution in [2.45, 2.75) is 12.1 Å². The number of hydrogen-bond acceptors (Lipinski definition) is 3. The smallest absolute Gasteiger partial charge is 0.221 e. The van der Waals surface area contributed by atoms with Crippen molar-refractivity contribution in [1.29, 1.82) is 0 Å². The normalized spacial score (nSPS) is 19.6. The molecule has 1 heterocycles. The summed E-state index contributed by atoms with van der Waals surface area (Å²) >= 11 is 0. The van der Waals surface area contributed by atoms with Crippen LogP contribution in [0.1, 0.15) is 28.8 Å². The molecule has 3 heteroatoms. The lowest BCUT2D eigenvalue weighted by Crippen LogP contribution is -2.09. The van der Waals surface area contributed by atoms with Gasteiger partial charge in [0, 0.05) is 0 Å². The van der Waals surface area contributed by atoms with Gasteiger partial charge < -0.3 is 9.84 Å². The lowest BCUT2D eigenvalue weighted by molar-refractivity contribution is 0.196. The fraction of sp³-hybridized carbons (Fsp3) is 0.0952. The highest BCUT2D eigenvalue weighted by Gasteiger charge is 2.34. The van der Waals surface area contributed by atoms with Crippen LogP contribution in [0.4, 0.5) is 0 Å². The van der Waals surface area contributed by atoms with Crippen LogP contribution in [-0.2, 0) is 4.74 Å². The first-order chi connectivity index (χ1) is 11.8. The van der Waals surface area contributed by atoms with Gasteiger partial charge in [0.05, 0.1) is 5.56 Å². The van der Waals surface area contributed by atoms with E-state index in [4.69, 9.17) is 9.73 Å². The molecular formula is C21H17NO2. The molecule has 2 atom stereocenters. The molecule has 3 nitrogen and oxygen atoms in total. The minimum Gasteiger partial charge on any atom is -0.507 e. The van der Waals surface area contributed by atoms with Gasteiger partial charge in [-0.1, -0.05) is 72.8 Å². The maximum atomic E-state index is 10.1.